The van der Waals surface area contributed by atoms with Crippen LogP contribution in [-0.4, -0.2) is 37.2 Å². The van der Waals surface area contributed by atoms with Crippen LogP contribution in [0.5, 0.6) is 0 Å². The number of unbranched alkanes of at least 4 members (excludes halogenated alkanes) is 31. The van der Waals surface area contributed by atoms with Gasteiger partial charge in [-0.05, 0) is 70.6 Å². The smallest absolute Gasteiger partial charge is 0.306 e. The summed E-state index contributed by atoms with van der Waals surface area (Å²) in [6, 6.07) is 0. The van der Waals surface area contributed by atoms with Crippen LogP contribution in [-0.2, 0) is 28.6 Å². The average Bonchev–Trinajstić information content (AvgIpc) is 3.26. The van der Waals surface area contributed by atoms with Gasteiger partial charge in [-0.15, -0.1) is 0 Å². The van der Waals surface area contributed by atoms with Crippen LogP contribution in [0.3, 0.4) is 0 Å². The molecule has 1 atom stereocenters. The zero-order valence-corrected chi connectivity index (χ0v) is 40.7. The van der Waals surface area contributed by atoms with Gasteiger partial charge in [0.2, 0.25) is 0 Å². The third-order valence-electron chi connectivity index (χ3n) is 11.6. The topological polar surface area (TPSA) is 78.9 Å². The molecule has 0 aliphatic carbocycles. The lowest BCUT2D eigenvalue weighted by atomic mass is 10.0. The summed E-state index contributed by atoms with van der Waals surface area (Å²) in [5, 5.41) is 0. The standard InChI is InChI=1S/C55H100O6/c1-4-7-10-13-16-19-22-23-24-25-26-27-28-29-30-31-32-33-34-37-39-42-45-48-54(57)60-51-52(61-55(58)49-46-43-40-36-21-18-15-12-9-6-3)50-59-53(56)47-44-41-38-35-20-17-14-11-8-5-2/h12,15,22-23,25-26,52H,4-11,13-14,16-21,24,27-51H2,1-3H3/b15-12-,23-22-,26-25-. The Bertz CT molecular complexity index is 1030. The molecule has 0 aliphatic rings. The molecule has 0 aromatic carbocycles. The Morgan fingerprint density at radius 3 is 0.984 bits per heavy atom. The van der Waals surface area contributed by atoms with Crippen LogP contribution in [0.4, 0.5) is 0 Å². The fourth-order valence-corrected chi connectivity index (χ4v) is 7.59. The van der Waals surface area contributed by atoms with Gasteiger partial charge in [-0.2, -0.15) is 0 Å². The summed E-state index contributed by atoms with van der Waals surface area (Å²) in [4.78, 5) is 37.8. The zero-order valence-electron chi connectivity index (χ0n) is 40.7. The maximum absolute atomic E-state index is 12.7. The maximum Gasteiger partial charge on any atom is 0.306 e. The van der Waals surface area contributed by atoms with Crippen molar-refractivity contribution in [3.63, 3.8) is 0 Å². The first kappa shape index (κ1) is 58.6. The predicted octanol–water partition coefficient (Wildman–Crippen LogP) is 17.3. The van der Waals surface area contributed by atoms with E-state index < -0.39 is 6.10 Å². The summed E-state index contributed by atoms with van der Waals surface area (Å²) < 4.78 is 16.7. The molecule has 0 aromatic rings. The van der Waals surface area contributed by atoms with Gasteiger partial charge in [0.15, 0.2) is 6.10 Å². The Hall–Kier alpha value is -2.37. The molecular weight excluding hydrogens is 757 g/mol. The number of hydrogen-bond acceptors (Lipinski definition) is 6. The molecule has 6 heteroatoms. The van der Waals surface area contributed by atoms with Crippen molar-refractivity contribution in [3.05, 3.63) is 36.5 Å². The second-order valence-electron chi connectivity index (χ2n) is 17.8. The van der Waals surface area contributed by atoms with E-state index >= 15 is 0 Å². The predicted molar refractivity (Wildman–Crippen MR) is 261 cm³/mol. The van der Waals surface area contributed by atoms with Crippen molar-refractivity contribution in [3.8, 4) is 0 Å². The lowest BCUT2D eigenvalue weighted by molar-refractivity contribution is -0.167. The van der Waals surface area contributed by atoms with Crippen molar-refractivity contribution in [2.24, 2.45) is 0 Å². The normalized spacial score (nSPS) is 12.2. The Morgan fingerprint density at radius 1 is 0.328 bits per heavy atom. The SMILES string of the molecule is CCC/C=C\CCCCCCCC(=O)OC(COC(=O)CCCCCCCCCCCC)COC(=O)CCCCCCCCCCCCC/C=C\C/C=C\CCCCCCC. The summed E-state index contributed by atoms with van der Waals surface area (Å²) in [5.41, 5.74) is 0. The summed E-state index contributed by atoms with van der Waals surface area (Å²) >= 11 is 0. The summed E-state index contributed by atoms with van der Waals surface area (Å²) in [5.74, 6) is -0.880. The maximum atomic E-state index is 12.7. The van der Waals surface area contributed by atoms with Gasteiger partial charge in [0, 0.05) is 19.3 Å². The number of allylic oxidation sites excluding steroid dienone is 6. The van der Waals surface area contributed by atoms with Crippen LogP contribution >= 0.6 is 0 Å². The van der Waals surface area contributed by atoms with Crippen LogP contribution in [0.25, 0.3) is 0 Å². The molecule has 0 heterocycles. The van der Waals surface area contributed by atoms with Crippen molar-refractivity contribution < 1.29 is 28.6 Å². The lowest BCUT2D eigenvalue weighted by Gasteiger charge is -2.18. The van der Waals surface area contributed by atoms with Gasteiger partial charge in [0.1, 0.15) is 13.2 Å². The fourth-order valence-electron chi connectivity index (χ4n) is 7.59. The zero-order chi connectivity index (χ0) is 44.4. The van der Waals surface area contributed by atoms with E-state index in [1.165, 1.54) is 154 Å². The molecule has 0 saturated heterocycles. The number of hydrogen-bond donors (Lipinski definition) is 0. The van der Waals surface area contributed by atoms with Gasteiger partial charge in [-0.1, -0.05) is 224 Å². The van der Waals surface area contributed by atoms with E-state index in [-0.39, 0.29) is 31.1 Å². The number of esters is 3. The van der Waals surface area contributed by atoms with E-state index in [1.54, 1.807) is 0 Å². The molecule has 0 spiro atoms. The van der Waals surface area contributed by atoms with E-state index in [1.807, 2.05) is 0 Å². The molecule has 0 radical (unpaired) electrons. The van der Waals surface area contributed by atoms with Gasteiger partial charge in [0.05, 0.1) is 0 Å². The monoisotopic (exact) mass is 857 g/mol. The number of rotatable bonds is 48. The van der Waals surface area contributed by atoms with Gasteiger partial charge in [0.25, 0.3) is 0 Å². The Kier molecular flexibility index (Phi) is 48.3. The number of ether oxygens (including phenoxy) is 3. The molecule has 0 amide bonds. The van der Waals surface area contributed by atoms with Gasteiger partial charge >= 0.3 is 17.9 Å². The lowest BCUT2D eigenvalue weighted by Crippen LogP contribution is -2.30. The Balaban J connectivity index is 4.18. The molecule has 356 valence electrons. The molecule has 0 saturated carbocycles. The van der Waals surface area contributed by atoms with Crippen LogP contribution in [0.2, 0.25) is 0 Å². The average molecular weight is 857 g/mol. The van der Waals surface area contributed by atoms with E-state index in [4.69, 9.17) is 14.2 Å². The molecule has 0 aliphatic heterocycles. The number of carbonyl (C=O) groups excluding carboxylic acids is 3. The molecule has 1 unspecified atom stereocenters. The molecule has 0 aromatic heterocycles. The highest BCUT2D eigenvalue weighted by Crippen LogP contribution is 2.15. The van der Waals surface area contributed by atoms with E-state index in [0.29, 0.717) is 19.3 Å². The molecule has 0 rings (SSSR count). The first-order valence-electron chi connectivity index (χ1n) is 26.5. The quantitative estimate of drug-likeness (QED) is 0.0262. The fraction of sp³-hybridized carbons (Fsp3) is 0.836. The molecule has 0 N–H and O–H groups in total. The minimum absolute atomic E-state index is 0.0735. The van der Waals surface area contributed by atoms with E-state index in [9.17, 15) is 14.4 Å². The highest BCUT2D eigenvalue weighted by molar-refractivity contribution is 5.71. The number of carbonyl (C=O) groups is 3. The third kappa shape index (κ3) is 48.5. The van der Waals surface area contributed by atoms with Crippen molar-refractivity contribution in [1.29, 1.82) is 0 Å². The molecular formula is C55H100O6. The molecule has 61 heavy (non-hydrogen) atoms. The second kappa shape index (κ2) is 50.3. The van der Waals surface area contributed by atoms with Crippen LogP contribution < -0.4 is 0 Å². The van der Waals surface area contributed by atoms with Gasteiger partial charge in [-0.25, -0.2) is 0 Å². The second-order valence-corrected chi connectivity index (χ2v) is 17.8. The van der Waals surface area contributed by atoms with Crippen LogP contribution in [0.1, 0.15) is 278 Å². The van der Waals surface area contributed by atoms with Crippen molar-refractivity contribution in [2.45, 2.75) is 284 Å². The van der Waals surface area contributed by atoms with E-state index in [2.05, 4.69) is 57.2 Å². The summed E-state index contributed by atoms with van der Waals surface area (Å²) in [7, 11) is 0. The first-order valence-corrected chi connectivity index (χ1v) is 26.5. The minimum Gasteiger partial charge on any atom is -0.462 e. The van der Waals surface area contributed by atoms with E-state index in [0.717, 1.165) is 83.5 Å². The molecule has 0 fully saturated rings. The molecule has 6 nitrogen and oxygen atoms in total. The minimum atomic E-state index is -0.771. The van der Waals surface area contributed by atoms with Crippen molar-refractivity contribution in [1.82, 2.24) is 0 Å². The van der Waals surface area contributed by atoms with Crippen molar-refractivity contribution >= 4 is 17.9 Å². The highest BCUT2D eigenvalue weighted by Gasteiger charge is 2.19. The Morgan fingerprint density at radius 2 is 0.623 bits per heavy atom. The highest BCUT2D eigenvalue weighted by atomic mass is 16.6. The summed E-state index contributed by atoms with van der Waals surface area (Å²) in [6.07, 6.45) is 58.6. The largest absolute Gasteiger partial charge is 0.462 e. The molecule has 0 bridgehead atoms. The van der Waals surface area contributed by atoms with Gasteiger partial charge < -0.3 is 14.2 Å². The van der Waals surface area contributed by atoms with Crippen LogP contribution in [0, 0.1) is 0 Å². The summed E-state index contributed by atoms with van der Waals surface area (Å²) in [6.45, 7) is 6.56. The van der Waals surface area contributed by atoms with Crippen molar-refractivity contribution in [2.75, 3.05) is 13.2 Å². The first-order chi connectivity index (χ1) is 30.0. The van der Waals surface area contributed by atoms with Gasteiger partial charge in [-0.3, -0.25) is 14.4 Å². The third-order valence-corrected chi connectivity index (χ3v) is 11.6. The Labute approximate surface area is 378 Å². The van der Waals surface area contributed by atoms with Crippen LogP contribution in [0.15, 0.2) is 36.5 Å².